The number of rotatable bonds is 8. The second-order valence-electron chi connectivity index (χ2n) is 9.49. The Morgan fingerprint density at radius 3 is 2.71 bits per heavy atom. The number of oxime groups is 1. The van der Waals surface area contributed by atoms with Crippen LogP contribution >= 0.6 is 0 Å². The van der Waals surface area contributed by atoms with Gasteiger partial charge in [-0.2, -0.15) is 5.26 Å². The minimum atomic E-state index is -1.22. The van der Waals surface area contributed by atoms with E-state index in [9.17, 15) is 14.9 Å². The number of para-hydroxylation sites is 2. The number of aromatic nitrogens is 2. The largest absolute Gasteiger partial charge is 0.479 e. The number of nitriles is 1. The molecule has 0 unspecified atom stereocenters. The van der Waals surface area contributed by atoms with Crippen molar-refractivity contribution < 1.29 is 14.7 Å². The standard InChI is InChI=1S/C26H33N5O4/c1-2-8-19-15-20(13-14-30(19)18-9-4-3-5-10-18)31-23-12-7-6-11-21(23)28-25(26(31)34)22(16-27)29-35-17-24(32)33/h6-7,11-12,18-20H,2-5,8-10,13-15,17H2,1H3,(H,32,33)/b29-22+/t19-,20-/m1/s1. The third-order valence-electron chi connectivity index (χ3n) is 7.23. The van der Waals surface area contributed by atoms with Crippen LogP contribution in [0, 0.1) is 11.3 Å². The van der Waals surface area contributed by atoms with E-state index in [1.165, 1.54) is 32.1 Å². The second kappa shape index (κ2) is 11.5. The van der Waals surface area contributed by atoms with Gasteiger partial charge in [-0.05, 0) is 44.2 Å². The summed E-state index contributed by atoms with van der Waals surface area (Å²) in [5, 5.41) is 22.0. The number of piperidine rings is 1. The normalized spacial score (nSPS) is 22.1. The average molecular weight is 480 g/mol. The SMILES string of the molecule is CCC[C@@H]1C[C@H](n2c(=O)c(/C(C#N)=N/OCC(=O)O)nc3ccccc32)CCN1C1CCCCC1. The van der Waals surface area contributed by atoms with Crippen LogP contribution in [0.25, 0.3) is 11.0 Å². The molecule has 2 aromatic rings. The zero-order valence-corrected chi connectivity index (χ0v) is 20.2. The van der Waals surface area contributed by atoms with Crippen molar-refractivity contribution in [2.24, 2.45) is 5.16 Å². The Morgan fingerprint density at radius 1 is 1.23 bits per heavy atom. The van der Waals surface area contributed by atoms with Crippen molar-refractivity contribution in [2.45, 2.75) is 82.8 Å². The van der Waals surface area contributed by atoms with Crippen LogP contribution in [0.2, 0.25) is 0 Å². The summed E-state index contributed by atoms with van der Waals surface area (Å²) in [6.07, 6.45) is 10.3. The van der Waals surface area contributed by atoms with Crippen LogP contribution in [0.15, 0.2) is 34.2 Å². The molecule has 2 atom stereocenters. The minimum absolute atomic E-state index is 0.0228. The lowest BCUT2D eigenvalue weighted by atomic mass is 9.87. The highest BCUT2D eigenvalue weighted by molar-refractivity contribution is 6.10. The average Bonchev–Trinajstić information content (AvgIpc) is 2.87. The van der Waals surface area contributed by atoms with E-state index in [0.29, 0.717) is 17.6 Å². The summed E-state index contributed by atoms with van der Waals surface area (Å²) in [4.78, 5) is 36.3. The Hall–Kier alpha value is -3.25. The first kappa shape index (κ1) is 24.9. The maximum atomic E-state index is 13.7. The van der Waals surface area contributed by atoms with Gasteiger partial charge >= 0.3 is 5.97 Å². The lowest BCUT2D eigenvalue weighted by molar-refractivity contribution is -0.142. The molecule has 0 bridgehead atoms. The summed E-state index contributed by atoms with van der Waals surface area (Å²) in [5.41, 5.74) is 0.495. The molecule has 0 spiro atoms. The number of carboxylic acids is 1. The van der Waals surface area contributed by atoms with Gasteiger partial charge in [-0.3, -0.25) is 9.69 Å². The highest BCUT2D eigenvalue weighted by Crippen LogP contribution is 2.35. The topological polar surface area (TPSA) is 121 Å². The van der Waals surface area contributed by atoms with Crippen molar-refractivity contribution in [2.75, 3.05) is 13.2 Å². The smallest absolute Gasteiger partial charge is 0.344 e. The summed E-state index contributed by atoms with van der Waals surface area (Å²) in [5.74, 6) is -1.22. The fraction of sp³-hybridized carbons (Fsp3) is 0.577. The molecule has 1 aliphatic carbocycles. The Balaban J connectivity index is 1.71. The van der Waals surface area contributed by atoms with Crippen LogP contribution in [0.1, 0.15) is 76.4 Å². The number of aliphatic carboxylic acids is 1. The summed E-state index contributed by atoms with van der Waals surface area (Å²) in [6, 6.07) is 10.3. The monoisotopic (exact) mass is 479 g/mol. The third-order valence-corrected chi connectivity index (χ3v) is 7.23. The van der Waals surface area contributed by atoms with Crippen molar-refractivity contribution >= 4 is 22.7 Å². The van der Waals surface area contributed by atoms with E-state index >= 15 is 0 Å². The summed E-state index contributed by atoms with van der Waals surface area (Å²) < 4.78 is 1.78. The number of hydrogen-bond acceptors (Lipinski definition) is 7. The second-order valence-corrected chi connectivity index (χ2v) is 9.49. The fourth-order valence-corrected chi connectivity index (χ4v) is 5.73. The Labute approximate surface area is 205 Å². The number of likely N-dealkylation sites (tertiary alicyclic amines) is 1. The molecule has 1 saturated carbocycles. The maximum absolute atomic E-state index is 13.7. The fourth-order valence-electron chi connectivity index (χ4n) is 5.73. The molecular weight excluding hydrogens is 446 g/mol. The van der Waals surface area contributed by atoms with Gasteiger partial charge in [0.05, 0.1) is 11.0 Å². The molecule has 186 valence electrons. The molecule has 9 heteroatoms. The van der Waals surface area contributed by atoms with Gasteiger partial charge in [0.2, 0.25) is 12.3 Å². The zero-order chi connectivity index (χ0) is 24.8. The van der Waals surface area contributed by atoms with Gasteiger partial charge < -0.3 is 14.5 Å². The molecule has 2 aliphatic rings. The van der Waals surface area contributed by atoms with Crippen LogP contribution in [0.3, 0.4) is 0 Å². The molecule has 1 N–H and O–H groups in total. The van der Waals surface area contributed by atoms with Gasteiger partial charge in [0.1, 0.15) is 6.07 Å². The van der Waals surface area contributed by atoms with E-state index in [4.69, 9.17) is 9.94 Å². The highest BCUT2D eigenvalue weighted by atomic mass is 16.6. The van der Waals surface area contributed by atoms with Gasteiger partial charge in [-0.1, -0.05) is 49.9 Å². The van der Waals surface area contributed by atoms with E-state index in [1.54, 1.807) is 4.57 Å². The molecule has 1 aromatic heterocycles. The Bertz CT molecular complexity index is 1180. The van der Waals surface area contributed by atoms with Gasteiger partial charge in [-0.15, -0.1) is 0 Å². The van der Waals surface area contributed by atoms with Crippen LogP contribution in [-0.4, -0.2) is 56.5 Å². The predicted octanol–water partition coefficient (Wildman–Crippen LogP) is 3.86. The number of carboxylic acid groups (broad SMARTS) is 1. The molecule has 0 radical (unpaired) electrons. The van der Waals surface area contributed by atoms with Crippen LogP contribution < -0.4 is 5.56 Å². The lowest BCUT2D eigenvalue weighted by Crippen LogP contribution is -2.50. The molecule has 1 aromatic carbocycles. The van der Waals surface area contributed by atoms with Gasteiger partial charge in [0, 0.05) is 24.7 Å². The van der Waals surface area contributed by atoms with Crippen molar-refractivity contribution in [3.63, 3.8) is 0 Å². The number of benzene rings is 1. The van der Waals surface area contributed by atoms with Gasteiger partial charge in [0.15, 0.2) is 5.69 Å². The first-order valence-electron chi connectivity index (χ1n) is 12.6. The molecule has 35 heavy (non-hydrogen) atoms. The zero-order valence-electron chi connectivity index (χ0n) is 20.2. The first-order chi connectivity index (χ1) is 17.0. The van der Waals surface area contributed by atoms with Crippen LogP contribution in [0.5, 0.6) is 0 Å². The number of fused-ring (bicyclic) bond motifs is 1. The minimum Gasteiger partial charge on any atom is -0.479 e. The summed E-state index contributed by atoms with van der Waals surface area (Å²) in [7, 11) is 0. The molecular formula is C26H33N5O4. The van der Waals surface area contributed by atoms with E-state index in [1.807, 2.05) is 30.3 Å². The van der Waals surface area contributed by atoms with Crippen molar-refractivity contribution in [3.8, 4) is 6.07 Å². The molecule has 2 heterocycles. The Kier molecular flexibility index (Phi) is 8.13. The lowest BCUT2D eigenvalue weighted by Gasteiger charge is -2.45. The number of nitrogens with zero attached hydrogens (tertiary/aromatic N) is 5. The van der Waals surface area contributed by atoms with Crippen LogP contribution in [0.4, 0.5) is 0 Å². The molecule has 0 amide bonds. The maximum Gasteiger partial charge on any atom is 0.344 e. The first-order valence-corrected chi connectivity index (χ1v) is 12.6. The van der Waals surface area contributed by atoms with E-state index in [-0.39, 0.29) is 17.4 Å². The van der Waals surface area contributed by atoms with Crippen molar-refractivity contribution in [1.29, 1.82) is 5.26 Å². The van der Waals surface area contributed by atoms with Crippen LogP contribution in [-0.2, 0) is 9.63 Å². The van der Waals surface area contributed by atoms with E-state index < -0.39 is 18.1 Å². The number of carbonyl (C=O) groups is 1. The molecule has 1 saturated heterocycles. The van der Waals surface area contributed by atoms with Crippen molar-refractivity contribution in [1.82, 2.24) is 14.5 Å². The highest BCUT2D eigenvalue weighted by Gasteiger charge is 2.35. The summed E-state index contributed by atoms with van der Waals surface area (Å²) in [6.45, 7) is 2.45. The summed E-state index contributed by atoms with van der Waals surface area (Å²) >= 11 is 0. The molecule has 2 fully saturated rings. The van der Waals surface area contributed by atoms with Crippen molar-refractivity contribution in [3.05, 3.63) is 40.3 Å². The number of hydrogen-bond donors (Lipinski definition) is 1. The van der Waals surface area contributed by atoms with E-state index in [0.717, 1.165) is 37.7 Å². The predicted molar refractivity (Wildman–Crippen MR) is 132 cm³/mol. The Morgan fingerprint density at radius 2 is 2.00 bits per heavy atom. The molecule has 9 nitrogen and oxygen atoms in total. The quantitative estimate of drug-likeness (QED) is 0.451. The van der Waals surface area contributed by atoms with Gasteiger partial charge in [-0.25, -0.2) is 9.78 Å². The van der Waals surface area contributed by atoms with E-state index in [2.05, 4.69) is 22.0 Å². The molecule has 4 rings (SSSR count). The van der Waals surface area contributed by atoms with Gasteiger partial charge in [0.25, 0.3) is 5.56 Å². The third kappa shape index (κ3) is 5.54. The molecule has 1 aliphatic heterocycles.